The van der Waals surface area contributed by atoms with Crippen molar-refractivity contribution in [3.63, 3.8) is 0 Å². The number of rotatable bonds is 3. The number of hydrogen-bond donors (Lipinski definition) is 2. The Morgan fingerprint density at radius 2 is 2.11 bits per heavy atom. The maximum atomic E-state index is 10.7. The summed E-state index contributed by atoms with van der Waals surface area (Å²) in [5, 5.41) is 11.4. The summed E-state index contributed by atoms with van der Waals surface area (Å²) in [5.74, 6) is 0.527. The van der Waals surface area contributed by atoms with Gasteiger partial charge in [0.05, 0.1) is 0 Å². The van der Waals surface area contributed by atoms with Crippen LogP contribution in [0.25, 0.3) is 0 Å². The number of hydrogen-bond acceptors (Lipinski definition) is 2. The molecule has 2 rings (SSSR count). The summed E-state index contributed by atoms with van der Waals surface area (Å²) in [7, 11) is 0. The highest BCUT2D eigenvalue weighted by molar-refractivity contribution is 5.64. The number of piperidine rings is 1. The molecule has 0 saturated carbocycles. The molecule has 1 fully saturated rings. The molecule has 4 nitrogen and oxygen atoms in total. The standard InChI is InChI=1S/C14H20N2O2/c1-11-7-13(15-14(17)18)10-16(8-11)9-12-5-3-2-4-6-12/h2-6,11,13,15H,7-10H2,1H3,(H,17,18)/t11?,13-/m0/s1. The lowest BCUT2D eigenvalue weighted by molar-refractivity contribution is 0.133. The van der Waals surface area contributed by atoms with E-state index in [0.29, 0.717) is 5.92 Å². The first-order valence-electron chi connectivity index (χ1n) is 6.39. The molecule has 18 heavy (non-hydrogen) atoms. The zero-order valence-corrected chi connectivity index (χ0v) is 10.7. The molecule has 1 aromatic carbocycles. The first-order valence-corrected chi connectivity index (χ1v) is 6.39. The van der Waals surface area contributed by atoms with Crippen molar-refractivity contribution in [3.05, 3.63) is 35.9 Å². The molecule has 0 spiro atoms. The SMILES string of the molecule is CC1C[C@H](NC(=O)O)CN(Cc2ccccc2)C1. The van der Waals surface area contributed by atoms with Gasteiger partial charge in [-0.15, -0.1) is 0 Å². The van der Waals surface area contributed by atoms with Gasteiger partial charge in [-0.2, -0.15) is 0 Å². The van der Waals surface area contributed by atoms with Crippen LogP contribution in [0, 0.1) is 5.92 Å². The minimum atomic E-state index is -0.922. The van der Waals surface area contributed by atoms with Crippen LogP contribution in [0.2, 0.25) is 0 Å². The lowest BCUT2D eigenvalue weighted by atomic mass is 9.95. The van der Waals surface area contributed by atoms with Gasteiger partial charge in [0.25, 0.3) is 0 Å². The zero-order valence-electron chi connectivity index (χ0n) is 10.7. The van der Waals surface area contributed by atoms with Crippen molar-refractivity contribution in [2.45, 2.75) is 25.9 Å². The molecule has 1 heterocycles. The van der Waals surface area contributed by atoms with E-state index in [-0.39, 0.29) is 6.04 Å². The smallest absolute Gasteiger partial charge is 0.404 e. The predicted octanol–water partition coefficient (Wildman–Crippen LogP) is 2.16. The number of amides is 1. The van der Waals surface area contributed by atoms with E-state index in [9.17, 15) is 4.79 Å². The number of carbonyl (C=O) groups is 1. The number of carboxylic acid groups (broad SMARTS) is 1. The van der Waals surface area contributed by atoms with Gasteiger partial charge >= 0.3 is 6.09 Å². The van der Waals surface area contributed by atoms with Gasteiger partial charge in [0.2, 0.25) is 0 Å². The van der Waals surface area contributed by atoms with Gasteiger partial charge in [-0.25, -0.2) is 4.79 Å². The number of nitrogens with one attached hydrogen (secondary N) is 1. The van der Waals surface area contributed by atoms with Crippen LogP contribution >= 0.6 is 0 Å². The Hall–Kier alpha value is -1.55. The van der Waals surface area contributed by atoms with E-state index in [2.05, 4.69) is 29.3 Å². The average molecular weight is 248 g/mol. The van der Waals surface area contributed by atoms with Gasteiger partial charge in [-0.3, -0.25) is 4.90 Å². The molecule has 1 aliphatic rings. The van der Waals surface area contributed by atoms with Gasteiger partial charge in [0.15, 0.2) is 0 Å². The van der Waals surface area contributed by atoms with Crippen molar-refractivity contribution in [1.82, 2.24) is 10.2 Å². The second-order valence-electron chi connectivity index (χ2n) is 5.17. The second-order valence-corrected chi connectivity index (χ2v) is 5.17. The third-order valence-electron chi connectivity index (χ3n) is 3.31. The Labute approximate surface area is 108 Å². The Kier molecular flexibility index (Phi) is 4.20. The van der Waals surface area contributed by atoms with Crippen LogP contribution in [0.1, 0.15) is 18.9 Å². The average Bonchev–Trinajstić information content (AvgIpc) is 2.28. The number of likely N-dealkylation sites (tertiary alicyclic amines) is 1. The molecule has 0 aliphatic carbocycles. The molecule has 0 aromatic heterocycles. The fourth-order valence-corrected chi connectivity index (χ4v) is 2.71. The second kappa shape index (κ2) is 5.87. The Morgan fingerprint density at radius 1 is 1.39 bits per heavy atom. The fraction of sp³-hybridized carbons (Fsp3) is 0.500. The van der Waals surface area contributed by atoms with E-state index in [1.54, 1.807) is 0 Å². The molecule has 0 bridgehead atoms. The first-order chi connectivity index (χ1) is 8.63. The van der Waals surface area contributed by atoms with Crippen LogP contribution in [0.5, 0.6) is 0 Å². The van der Waals surface area contributed by atoms with Crippen LogP contribution < -0.4 is 5.32 Å². The third kappa shape index (κ3) is 3.74. The van der Waals surface area contributed by atoms with Crippen molar-refractivity contribution in [2.24, 2.45) is 5.92 Å². The van der Waals surface area contributed by atoms with Crippen LogP contribution in [0.4, 0.5) is 4.79 Å². The fourth-order valence-electron chi connectivity index (χ4n) is 2.71. The molecule has 4 heteroatoms. The van der Waals surface area contributed by atoms with Gasteiger partial charge < -0.3 is 10.4 Å². The monoisotopic (exact) mass is 248 g/mol. The summed E-state index contributed by atoms with van der Waals surface area (Å²) >= 11 is 0. The molecule has 1 aromatic rings. The van der Waals surface area contributed by atoms with Crippen molar-refractivity contribution >= 4 is 6.09 Å². The van der Waals surface area contributed by atoms with Gasteiger partial charge in [0.1, 0.15) is 0 Å². The minimum Gasteiger partial charge on any atom is -0.465 e. The quantitative estimate of drug-likeness (QED) is 0.862. The molecular formula is C14H20N2O2. The topological polar surface area (TPSA) is 52.6 Å². The summed E-state index contributed by atoms with van der Waals surface area (Å²) < 4.78 is 0. The highest BCUT2D eigenvalue weighted by atomic mass is 16.4. The maximum Gasteiger partial charge on any atom is 0.404 e. The Morgan fingerprint density at radius 3 is 2.78 bits per heavy atom. The molecule has 2 N–H and O–H groups in total. The highest BCUT2D eigenvalue weighted by Gasteiger charge is 2.25. The van der Waals surface area contributed by atoms with Crippen LogP contribution in [-0.2, 0) is 6.54 Å². The summed E-state index contributed by atoms with van der Waals surface area (Å²) in [4.78, 5) is 13.0. The molecule has 1 unspecified atom stereocenters. The summed E-state index contributed by atoms with van der Waals surface area (Å²) in [5.41, 5.74) is 1.28. The molecular weight excluding hydrogens is 228 g/mol. The molecule has 1 saturated heterocycles. The lowest BCUT2D eigenvalue weighted by Gasteiger charge is -2.36. The van der Waals surface area contributed by atoms with Crippen LogP contribution in [-0.4, -0.2) is 35.2 Å². The molecule has 0 radical (unpaired) electrons. The zero-order chi connectivity index (χ0) is 13.0. The predicted molar refractivity (Wildman–Crippen MR) is 70.4 cm³/mol. The largest absolute Gasteiger partial charge is 0.465 e. The van der Waals surface area contributed by atoms with Crippen LogP contribution in [0.3, 0.4) is 0 Å². The molecule has 2 atom stereocenters. The van der Waals surface area contributed by atoms with Crippen molar-refractivity contribution in [1.29, 1.82) is 0 Å². The lowest BCUT2D eigenvalue weighted by Crippen LogP contribution is -2.49. The Balaban J connectivity index is 1.94. The van der Waals surface area contributed by atoms with Crippen molar-refractivity contribution < 1.29 is 9.90 Å². The molecule has 1 aliphatic heterocycles. The van der Waals surface area contributed by atoms with Gasteiger partial charge in [0, 0.05) is 25.7 Å². The first kappa shape index (κ1) is 12.9. The van der Waals surface area contributed by atoms with E-state index < -0.39 is 6.09 Å². The van der Waals surface area contributed by atoms with Gasteiger partial charge in [-0.1, -0.05) is 37.3 Å². The summed E-state index contributed by atoms with van der Waals surface area (Å²) in [6.45, 7) is 4.90. The van der Waals surface area contributed by atoms with Gasteiger partial charge in [-0.05, 0) is 17.9 Å². The normalized spacial score (nSPS) is 24.7. The number of nitrogens with zero attached hydrogens (tertiary/aromatic N) is 1. The van der Waals surface area contributed by atoms with E-state index >= 15 is 0 Å². The van der Waals surface area contributed by atoms with E-state index in [0.717, 1.165) is 26.1 Å². The number of benzene rings is 1. The van der Waals surface area contributed by atoms with Crippen molar-refractivity contribution in [3.8, 4) is 0 Å². The van der Waals surface area contributed by atoms with Crippen molar-refractivity contribution in [2.75, 3.05) is 13.1 Å². The molecule has 98 valence electrons. The maximum absolute atomic E-state index is 10.7. The van der Waals surface area contributed by atoms with E-state index in [1.165, 1.54) is 5.56 Å². The summed E-state index contributed by atoms with van der Waals surface area (Å²) in [6.07, 6.45) is 0.00572. The van der Waals surface area contributed by atoms with E-state index in [4.69, 9.17) is 5.11 Å². The minimum absolute atomic E-state index is 0.0509. The third-order valence-corrected chi connectivity index (χ3v) is 3.31. The Bertz CT molecular complexity index is 394. The van der Waals surface area contributed by atoms with Crippen LogP contribution in [0.15, 0.2) is 30.3 Å². The molecule has 1 amide bonds. The summed E-state index contributed by atoms with van der Waals surface area (Å²) in [6, 6.07) is 10.4. The van der Waals surface area contributed by atoms with E-state index in [1.807, 2.05) is 18.2 Å². The highest BCUT2D eigenvalue weighted by Crippen LogP contribution is 2.18.